The molecule has 4 heterocycles. The second-order valence-corrected chi connectivity index (χ2v) is 6.70. The Balaban J connectivity index is 1.78. The van der Waals surface area contributed by atoms with Crippen molar-refractivity contribution in [2.24, 2.45) is 5.92 Å². The van der Waals surface area contributed by atoms with E-state index in [0.29, 0.717) is 48.0 Å². The summed E-state index contributed by atoms with van der Waals surface area (Å²) in [6.45, 7) is 7.06. The van der Waals surface area contributed by atoms with Crippen molar-refractivity contribution in [3.05, 3.63) is 18.5 Å². The summed E-state index contributed by atoms with van der Waals surface area (Å²) in [6.07, 6.45) is 3.52. The summed E-state index contributed by atoms with van der Waals surface area (Å²) in [7, 11) is 0. The molecule has 1 fully saturated rings. The molecule has 0 aromatic carbocycles. The maximum atomic E-state index is 6.18. The Bertz CT molecular complexity index is 881. The van der Waals surface area contributed by atoms with E-state index < -0.39 is 0 Å². The molecule has 0 amide bonds. The zero-order valence-corrected chi connectivity index (χ0v) is 14.9. The third kappa shape index (κ3) is 3.20. The number of rotatable bonds is 5. The van der Waals surface area contributed by atoms with E-state index in [0.717, 1.165) is 13.1 Å². The number of aromatic nitrogens is 6. The Labute approximate surface area is 150 Å². The van der Waals surface area contributed by atoms with Crippen molar-refractivity contribution in [2.75, 3.05) is 30.8 Å². The van der Waals surface area contributed by atoms with Gasteiger partial charge in [0.25, 0.3) is 0 Å². The van der Waals surface area contributed by atoms with Gasteiger partial charge in [-0.05, 0) is 12.0 Å². The molecule has 4 N–H and O–H groups in total. The van der Waals surface area contributed by atoms with E-state index >= 15 is 0 Å². The first-order chi connectivity index (χ1) is 12.6. The molecule has 1 saturated heterocycles. The molecule has 3 aromatic rings. The van der Waals surface area contributed by atoms with Crippen LogP contribution < -0.4 is 16.4 Å². The van der Waals surface area contributed by atoms with Crippen LogP contribution in [0.1, 0.15) is 13.8 Å². The summed E-state index contributed by atoms with van der Waals surface area (Å²) in [5.74, 6) is 1.87. The molecule has 0 bridgehead atoms. The first-order valence-electron chi connectivity index (χ1n) is 8.73. The fourth-order valence-corrected chi connectivity index (χ4v) is 2.98. The van der Waals surface area contributed by atoms with Gasteiger partial charge < -0.3 is 15.8 Å². The average Bonchev–Trinajstić information content (AvgIpc) is 3.24. The number of nitrogens with zero attached hydrogens (tertiary/aromatic N) is 6. The number of nitrogen functional groups attached to an aromatic ring is 1. The summed E-state index contributed by atoms with van der Waals surface area (Å²) < 4.78 is 9.20. The smallest absolute Gasteiger partial charge is 0.233 e. The van der Waals surface area contributed by atoms with E-state index in [1.807, 2.05) is 16.8 Å². The number of morpholine rings is 1. The highest BCUT2D eigenvalue weighted by molar-refractivity contribution is 5.84. The summed E-state index contributed by atoms with van der Waals surface area (Å²) in [6, 6.07) is 1.86. The fraction of sp³-hybridized carbons (Fsp3) is 0.500. The summed E-state index contributed by atoms with van der Waals surface area (Å²) in [5.41, 5.74) is 7.45. The number of anilines is 2. The molecule has 0 saturated carbocycles. The van der Waals surface area contributed by atoms with Crippen LogP contribution in [0.3, 0.4) is 0 Å². The zero-order chi connectivity index (χ0) is 18.1. The standard InChI is InChI=1S/C16H23N9O/c1-10(2)8-24-14-12(21-16(24)25-6-3-4-19-25)13(17)22-15(23-14)20-11-9-26-7-5-18-11/h3-4,6,10-11,18H,5,7-9H2,1-2H3,(H3,17,20,22,23). The second-order valence-electron chi connectivity index (χ2n) is 6.70. The van der Waals surface area contributed by atoms with E-state index in [2.05, 4.69) is 44.5 Å². The van der Waals surface area contributed by atoms with Crippen LogP contribution in [0, 0.1) is 5.92 Å². The molecule has 1 aliphatic heterocycles. The molecule has 0 radical (unpaired) electrons. The van der Waals surface area contributed by atoms with Crippen LogP contribution in [-0.4, -0.2) is 55.2 Å². The number of hydrogen-bond donors (Lipinski definition) is 3. The monoisotopic (exact) mass is 357 g/mol. The lowest BCUT2D eigenvalue weighted by molar-refractivity contribution is 0.0847. The van der Waals surface area contributed by atoms with E-state index in [1.54, 1.807) is 10.9 Å². The first-order valence-corrected chi connectivity index (χ1v) is 8.73. The van der Waals surface area contributed by atoms with E-state index in [4.69, 9.17) is 10.5 Å². The molecule has 10 heteroatoms. The highest BCUT2D eigenvalue weighted by Crippen LogP contribution is 2.24. The maximum Gasteiger partial charge on any atom is 0.233 e. The summed E-state index contributed by atoms with van der Waals surface area (Å²) in [5, 5.41) is 10.9. The highest BCUT2D eigenvalue weighted by Gasteiger charge is 2.20. The predicted octanol–water partition coefficient (Wildman–Crippen LogP) is 0.608. The molecule has 26 heavy (non-hydrogen) atoms. The van der Waals surface area contributed by atoms with Crippen molar-refractivity contribution < 1.29 is 4.74 Å². The molecule has 3 aromatic heterocycles. The van der Waals surface area contributed by atoms with Crippen LogP contribution >= 0.6 is 0 Å². The van der Waals surface area contributed by atoms with Crippen LogP contribution in [0.25, 0.3) is 17.1 Å². The van der Waals surface area contributed by atoms with Crippen LogP contribution in [0.2, 0.25) is 0 Å². The van der Waals surface area contributed by atoms with Crippen LogP contribution in [-0.2, 0) is 11.3 Å². The van der Waals surface area contributed by atoms with Gasteiger partial charge in [0, 0.05) is 25.5 Å². The van der Waals surface area contributed by atoms with Crippen molar-refractivity contribution in [3.8, 4) is 5.95 Å². The molecule has 138 valence electrons. The van der Waals surface area contributed by atoms with Gasteiger partial charge in [-0.25, -0.2) is 9.67 Å². The Morgan fingerprint density at radius 3 is 2.96 bits per heavy atom. The third-order valence-electron chi connectivity index (χ3n) is 4.08. The first kappa shape index (κ1) is 16.7. The lowest BCUT2D eigenvalue weighted by Crippen LogP contribution is -2.46. The molecule has 0 aliphatic carbocycles. The van der Waals surface area contributed by atoms with Gasteiger partial charge in [-0.3, -0.25) is 9.88 Å². The van der Waals surface area contributed by atoms with Gasteiger partial charge in [0.1, 0.15) is 6.17 Å². The Morgan fingerprint density at radius 2 is 2.27 bits per heavy atom. The van der Waals surface area contributed by atoms with Crippen molar-refractivity contribution in [1.82, 2.24) is 34.6 Å². The van der Waals surface area contributed by atoms with Crippen LogP contribution in [0.4, 0.5) is 11.8 Å². The van der Waals surface area contributed by atoms with Gasteiger partial charge in [0.2, 0.25) is 11.9 Å². The predicted molar refractivity (Wildman–Crippen MR) is 97.9 cm³/mol. The Morgan fingerprint density at radius 1 is 1.38 bits per heavy atom. The van der Waals surface area contributed by atoms with Gasteiger partial charge in [-0.1, -0.05) is 13.8 Å². The number of hydrogen-bond acceptors (Lipinski definition) is 8. The molecule has 1 aliphatic rings. The van der Waals surface area contributed by atoms with Gasteiger partial charge in [0.15, 0.2) is 17.0 Å². The normalized spacial score (nSPS) is 17.9. The number of imidazole rings is 1. The van der Waals surface area contributed by atoms with E-state index in [9.17, 15) is 0 Å². The Hall–Kier alpha value is -2.72. The highest BCUT2D eigenvalue weighted by atomic mass is 16.5. The molecule has 0 spiro atoms. The van der Waals surface area contributed by atoms with Gasteiger partial charge in [0.05, 0.1) is 13.2 Å². The summed E-state index contributed by atoms with van der Waals surface area (Å²) in [4.78, 5) is 13.7. The molecule has 4 rings (SSSR count). The number of ether oxygens (including phenoxy) is 1. The second kappa shape index (κ2) is 6.89. The van der Waals surface area contributed by atoms with E-state index in [-0.39, 0.29) is 6.17 Å². The largest absolute Gasteiger partial charge is 0.382 e. The van der Waals surface area contributed by atoms with Crippen LogP contribution in [0.15, 0.2) is 18.5 Å². The molecule has 1 unspecified atom stereocenters. The Kier molecular flexibility index (Phi) is 4.43. The average molecular weight is 357 g/mol. The SMILES string of the molecule is CC(C)Cn1c(-n2cccn2)nc2c(N)nc(NC3COCCN3)nc21. The van der Waals surface area contributed by atoms with Crippen molar-refractivity contribution >= 4 is 22.9 Å². The minimum Gasteiger partial charge on any atom is -0.382 e. The molecule has 1 atom stereocenters. The van der Waals surface area contributed by atoms with Crippen LogP contribution in [0.5, 0.6) is 0 Å². The lowest BCUT2D eigenvalue weighted by atomic mass is 10.2. The molecular weight excluding hydrogens is 334 g/mol. The number of nitrogens with two attached hydrogens (primary N) is 1. The lowest BCUT2D eigenvalue weighted by Gasteiger charge is -2.24. The van der Waals surface area contributed by atoms with Gasteiger partial charge in [-0.15, -0.1) is 0 Å². The maximum absolute atomic E-state index is 6.18. The summed E-state index contributed by atoms with van der Waals surface area (Å²) >= 11 is 0. The minimum atomic E-state index is -0.0485. The van der Waals surface area contributed by atoms with Crippen molar-refractivity contribution in [2.45, 2.75) is 26.6 Å². The molecule has 10 nitrogen and oxygen atoms in total. The third-order valence-corrected chi connectivity index (χ3v) is 4.08. The fourth-order valence-electron chi connectivity index (χ4n) is 2.98. The topological polar surface area (TPSA) is 121 Å². The minimum absolute atomic E-state index is 0.0485. The quantitative estimate of drug-likeness (QED) is 0.607. The number of fused-ring (bicyclic) bond motifs is 1. The van der Waals surface area contributed by atoms with Gasteiger partial charge in [-0.2, -0.15) is 15.1 Å². The van der Waals surface area contributed by atoms with Crippen molar-refractivity contribution in [3.63, 3.8) is 0 Å². The molecular formula is C16H23N9O. The van der Waals surface area contributed by atoms with Gasteiger partial charge >= 0.3 is 0 Å². The van der Waals surface area contributed by atoms with E-state index in [1.165, 1.54) is 0 Å². The van der Waals surface area contributed by atoms with Crippen molar-refractivity contribution in [1.29, 1.82) is 0 Å². The zero-order valence-electron chi connectivity index (χ0n) is 14.9. The number of nitrogens with one attached hydrogen (secondary N) is 2.